The van der Waals surface area contributed by atoms with Gasteiger partial charge in [0.2, 0.25) is 0 Å². The standard InChI is InChI=1S/2Al.Mg.7H2O.Si/h;;;7*1H2;. The molecule has 0 aliphatic carbocycles. The molecule has 0 spiro atoms. The highest BCUT2D eigenvalue weighted by Gasteiger charge is 0.00307. The first-order chi connectivity index (χ1) is 0. The fraction of sp³-hybridized carbons (Fsp3) is 0. The number of rotatable bonds is 0. The highest BCUT2D eigenvalue weighted by molar-refractivity contribution is 5.76. The maximum atomic E-state index is 0. The van der Waals surface area contributed by atoms with Gasteiger partial charge in [-0.2, -0.15) is 0 Å². The molecule has 0 atom stereocenters. The van der Waals surface area contributed by atoms with E-state index in [1.165, 1.54) is 0 Å². The third kappa shape index (κ3) is 359. The lowest BCUT2D eigenvalue weighted by atomic mass is 16.0. The first-order valence-corrected chi connectivity index (χ1v) is 0. The zero-order valence-electron chi connectivity index (χ0n) is 5.86. The Morgan fingerprint density at radius 3 is 0.364 bits per heavy atom. The first kappa shape index (κ1) is 566. The molecule has 0 aliphatic heterocycles. The van der Waals surface area contributed by atoms with Crippen molar-refractivity contribution in [2.24, 2.45) is 0 Å². The van der Waals surface area contributed by atoms with Crippen LogP contribution in [0.5, 0.6) is 0 Å². The molecular formula is H14Al2MgO7Si. The van der Waals surface area contributed by atoms with Gasteiger partial charge in [-0.25, -0.2) is 0 Å². The Kier molecular flexibility index (Phi) is 22400. The monoisotopic (exact) mass is 232 g/mol. The molecular weight excluding hydrogens is 218 g/mol. The quantitative estimate of drug-likeness (QED) is 0.355. The molecule has 0 saturated heterocycles. The maximum absolute atomic E-state index is 0. The summed E-state index contributed by atoms with van der Waals surface area (Å²) in [4.78, 5) is 0. The van der Waals surface area contributed by atoms with Gasteiger partial charge in [-0.05, 0) is 0 Å². The van der Waals surface area contributed by atoms with Crippen molar-refractivity contribution in [1.82, 2.24) is 0 Å². The average molecular weight is 232 g/mol. The van der Waals surface area contributed by atoms with E-state index in [0.29, 0.717) is 0 Å². The molecule has 0 rings (SSSR count). The zero-order valence-corrected chi connectivity index (χ0v) is 10.6. The summed E-state index contributed by atoms with van der Waals surface area (Å²) < 4.78 is 0. The predicted octanol–water partition coefficient (Wildman–Crippen LogP) is -7.30. The summed E-state index contributed by atoms with van der Waals surface area (Å²) in [5.74, 6) is 0. The second-order valence-corrected chi connectivity index (χ2v) is 0. The molecule has 0 aromatic rings. The van der Waals surface area contributed by atoms with Crippen molar-refractivity contribution < 1.29 is 38.3 Å². The average Bonchev–Trinajstić information content (AvgIpc) is 0. The maximum Gasteiger partial charge on any atom is 0 e. The Balaban J connectivity index is 0. The fourth-order valence-electron chi connectivity index (χ4n) is 0. The van der Waals surface area contributed by atoms with Gasteiger partial charge in [0.1, 0.15) is 0 Å². The second-order valence-electron chi connectivity index (χ2n) is 0. The molecule has 0 saturated carbocycles. The lowest BCUT2D eigenvalue weighted by molar-refractivity contribution is 0.823. The molecule has 0 bridgehead atoms. The van der Waals surface area contributed by atoms with Crippen molar-refractivity contribution in [2.45, 2.75) is 0 Å². The van der Waals surface area contributed by atoms with Crippen LogP contribution in [0.3, 0.4) is 0 Å². The number of hydrogen-bond acceptors (Lipinski definition) is 0. The van der Waals surface area contributed by atoms with Gasteiger partial charge in [0.25, 0.3) is 0 Å². The molecule has 0 unspecified atom stereocenters. The Labute approximate surface area is 107 Å². The van der Waals surface area contributed by atoms with Gasteiger partial charge in [-0.1, -0.05) is 0 Å². The summed E-state index contributed by atoms with van der Waals surface area (Å²) in [5, 5.41) is 0. The molecule has 0 aromatic carbocycles. The normalized spacial score (nSPS) is 0. The van der Waals surface area contributed by atoms with Crippen LogP contribution in [0.4, 0.5) is 0 Å². The minimum Gasteiger partial charge on any atom is -0.412 e. The molecule has 0 aliphatic rings. The van der Waals surface area contributed by atoms with Crippen LogP contribution >= 0.6 is 0 Å². The van der Waals surface area contributed by atoms with Crippen LogP contribution in [-0.4, -0.2) is 107 Å². The van der Waals surface area contributed by atoms with Crippen LogP contribution in [0.1, 0.15) is 0 Å². The topological polar surface area (TPSA) is 220 Å². The van der Waals surface area contributed by atoms with Gasteiger partial charge in [0.15, 0.2) is 0 Å². The van der Waals surface area contributed by atoms with Crippen molar-refractivity contribution in [1.29, 1.82) is 0 Å². The summed E-state index contributed by atoms with van der Waals surface area (Å²) in [5.41, 5.74) is 0. The van der Waals surface area contributed by atoms with Crippen LogP contribution < -0.4 is 0 Å². The van der Waals surface area contributed by atoms with Gasteiger partial charge < -0.3 is 38.3 Å². The van der Waals surface area contributed by atoms with Gasteiger partial charge in [0.05, 0.1) is 0 Å². The van der Waals surface area contributed by atoms with E-state index in [-0.39, 0.29) is 107 Å². The smallest absolute Gasteiger partial charge is 0 e. The zero-order chi connectivity index (χ0) is 0. The highest BCUT2D eigenvalue weighted by atomic mass is 28.1. The van der Waals surface area contributed by atoms with Crippen molar-refractivity contribution >= 4 is 68.7 Å². The molecule has 0 aromatic heterocycles. The van der Waals surface area contributed by atoms with Crippen LogP contribution in [0.25, 0.3) is 0 Å². The van der Waals surface area contributed by atoms with E-state index in [9.17, 15) is 0 Å². The highest BCUT2D eigenvalue weighted by Crippen LogP contribution is -0.283. The van der Waals surface area contributed by atoms with Crippen LogP contribution in [0.2, 0.25) is 0 Å². The minimum absolute atomic E-state index is 0. The largest absolute Gasteiger partial charge is 0.412 e. The molecule has 14 N–H and O–H groups in total. The lowest BCUT2D eigenvalue weighted by Gasteiger charge is -0.413. The predicted molar refractivity (Wildman–Crippen MR) is 48.3 cm³/mol. The van der Waals surface area contributed by atoms with Crippen molar-refractivity contribution in [3.63, 3.8) is 0 Å². The van der Waals surface area contributed by atoms with E-state index in [1.807, 2.05) is 0 Å². The van der Waals surface area contributed by atoms with E-state index in [0.717, 1.165) is 0 Å². The van der Waals surface area contributed by atoms with E-state index in [4.69, 9.17) is 0 Å². The number of hydrogen-bond donors (Lipinski definition) is 0. The van der Waals surface area contributed by atoms with Gasteiger partial charge in [0, 0.05) is 68.7 Å². The van der Waals surface area contributed by atoms with E-state index in [1.54, 1.807) is 0 Å². The molecule has 7 nitrogen and oxygen atoms in total. The van der Waals surface area contributed by atoms with Crippen LogP contribution in [-0.2, 0) is 0 Å². The molecule has 11 heavy (non-hydrogen) atoms. The SMILES string of the molecule is O.O.O.O.O.O.O.[Al].[Al].[Mg].[Si]. The van der Waals surface area contributed by atoms with Gasteiger partial charge in [-0.3, -0.25) is 0 Å². The fourth-order valence-corrected chi connectivity index (χ4v) is 0. The second kappa shape index (κ2) is 437. The molecule has 68 valence electrons. The van der Waals surface area contributed by atoms with E-state index < -0.39 is 0 Å². The van der Waals surface area contributed by atoms with Crippen molar-refractivity contribution in [2.75, 3.05) is 0 Å². The Bertz CT molecular complexity index is 16.4. The molecule has 0 fully saturated rings. The van der Waals surface area contributed by atoms with E-state index >= 15 is 0 Å². The summed E-state index contributed by atoms with van der Waals surface area (Å²) in [7, 11) is 0. The van der Waals surface area contributed by atoms with Crippen LogP contribution in [0, 0.1) is 0 Å². The minimum atomic E-state index is 0. The molecule has 0 amide bonds. The lowest BCUT2D eigenvalue weighted by Crippen LogP contribution is -0.382. The van der Waals surface area contributed by atoms with Crippen LogP contribution in [0.15, 0.2) is 0 Å². The van der Waals surface area contributed by atoms with E-state index in [2.05, 4.69) is 0 Å². The third-order valence-corrected chi connectivity index (χ3v) is 0. The molecule has 11 heteroatoms. The van der Waals surface area contributed by atoms with Gasteiger partial charge >= 0.3 is 0 Å². The Morgan fingerprint density at radius 1 is 0.364 bits per heavy atom. The Morgan fingerprint density at radius 2 is 0.364 bits per heavy atom. The summed E-state index contributed by atoms with van der Waals surface area (Å²) in [6.45, 7) is 0. The first-order valence-electron chi connectivity index (χ1n) is 0. The van der Waals surface area contributed by atoms with Gasteiger partial charge in [-0.15, -0.1) is 0 Å². The molecule has 0 heterocycles. The summed E-state index contributed by atoms with van der Waals surface area (Å²) >= 11 is 0. The Hall–Kier alpha value is 1.77. The summed E-state index contributed by atoms with van der Waals surface area (Å²) in [6, 6.07) is 0. The summed E-state index contributed by atoms with van der Waals surface area (Å²) in [6.07, 6.45) is 0. The van der Waals surface area contributed by atoms with Crippen molar-refractivity contribution in [3.8, 4) is 0 Å². The van der Waals surface area contributed by atoms with Crippen molar-refractivity contribution in [3.05, 3.63) is 0 Å². The third-order valence-electron chi connectivity index (χ3n) is 0. The molecule has 12 radical (unpaired) electrons.